The number of hydrogen-bond donors (Lipinski definition) is 0. The average Bonchev–Trinajstić information content (AvgIpc) is 2.73. The lowest BCUT2D eigenvalue weighted by Crippen LogP contribution is -2.22. The van der Waals surface area contributed by atoms with Crippen molar-refractivity contribution in [2.45, 2.75) is 33.2 Å². The Morgan fingerprint density at radius 1 is 1.35 bits per heavy atom. The van der Waals surface area contributed by atoms with Crippen LogP contribution in [0.25, 0.3) is 0 Å². The van der Waals surface area contributed by atoms with Crippen LogP contribution in [0.4, 0.5) is 0 Å². The summed E-state index contributed by atoms with van der Waals surface area (Å²) in [4.78, 5) is 18.0. The average molecular weight is 230 g/mol. The van der Waals surface area contributed by atoms with Gasteiger partial charge >= 0.3 is 0 Å². The molecule has 1 aliphatic rings. The number of rotatable bonds is 4. The third-order valence-electron chi connectivity index (χ3n) is 3.04. The number of carbonyl (C=O) groups is 1. The smallest absolute Gasteiger partial charge is 0.157 e. The number of nitrogens with zero attached hydrogens (tertiary/aromatic N) is 2. The lowest BCUT2D eigenvalue weighted by molar-refractivity contribution is -0.114. The summed E-state index contributed by atoms with van der Waals surface area (Å²) in [5.41, 5.74) is 3.25. The normalized spacial score (nSPS) is 14.9. The molecule has 1 aromatic rings. The van der Waals surface area contributed by atoms with Crippen molar-refractivity contribution in [2.75, 3.05) is 6.54 Å². The van der Waals surface area contributed by atoms with E-state index < -0.39 is 0 Å². The molecule has 3 nitrogen and oxygen atoms in total. The van der Waals surface area contributed by atoms with Gasteiger partial charge in [-0.2, -0.15) is 0 Å². The second kappa shape index (κ2) is 5.13. The lowest BCUT2D eigenvalue weighted by Gasteiger charge is -2.23. The molecule has 0 amide bonds. The van der Waals surface area contributed by atoms with Crippen molar-refractivity contribution in [3.63, 3.8) is 0 Å². The first kappa shape index (κ1) is 11.8. The largest absolute Gasteiger partial charge is 0.369 e. The number of allylic oxidation sites excluding steroid dienone is 2. The van der Waals surface area contributed by atoms with Crippen LogP contribution in [0.1, 0.15) is 31.2 Å². The molecule has 90 valence electrons. The van der Waals surface area contributed by atoms with Gasteiger partial charge in [0.15, 0.2) is 5.78 Å². The summed E-state index contributed by atoms with van der Waals surface area (Å²) in [6.07, 6.45) is 3.31. The van der Waals surface area contributed by atoms with Crippen LogP contribution in [0.3, 0.4) is 0 Å². The zero-order valence-electron chi connectivity index (χ0n) is 10.4. The molecular formula is C14H18N2O. The van der Waals surface area contributed by atoms with Crippen molar-refractivity contribution >= 4 is 5.78 Å². The van der Waals surface area contributed by atoms with Crippen LogP contribution < -0.4 is 0 Å². The zero-order chi connectivity index (χ0) is 12.3. The third-order valence-corrected chi connectivity index (χ3v) is 3.04. The molecule has 3 heteroatoms. The summed E-state index contributed by atoms with van der Waals surface area (Å²) in [7, 11) is 0. The first-order valence-corrected chi connectivity index (χ1v) is 6.10. The van der Waals surface area contributed by atoms with Gasteiger partial charge in [-0.05, 0) is 32.4 Å². The first-order chi connectivity index (χ1) is 8.19. The number of aromatic nitrogens is 1. The Hall–Kier alpha value is -1.64. The van der Waals surface area contributed by atoms with Gasteiger partial charge in [0.25, 0.3) is 0 Å². The standard InChI is InChI=1S/C14H18N2O/c1-3-16(13-7-8-14(17)9-13)10-12-6-4-5-11(2)15-12/h4-6,9H,3,7-8,10H2,1-2H3. The predicted octanol–water partition coefficient (Wildman–Crippen LogP) is 2.46. The van der Waals surface area contributed by atoms with Crippen molar-refractivity contribution in [1.29, 1.82) is 0 Å². The fourth-order valence-electron chi connectivity index (χ4n) is 2.13. The van der Waals surface area contributed by atoms with E-state index in [1.165, 1.54) is 0 Å². The van der Waals surface area contributed by atoms with Crippen molar-refractivity contribution in [3.05, 3.63) is 41.4 Å². The molecule has 2 rings (SSSR count). The predicted molar refractivity (Wildman–Crippen MR) is 67.4 cm³/mol. The first-order valence-electron chi connectivity index (χ1n) is 6.10. The number of carbonyl (C=O) groups excluding carboxylic acids is 1. The summed E-state index contributed by atoms with van der Waals surface area (Å²) >= 11 is 0. The van der Waals surface area contributed by atoms with Gasteiger partial charge in [0, 0.05) is 30.4 Å². The number of hydrogen-bond acceptors (Lipinski definition) is 3. The van der Waals surface area contributed by atoms with E-state index in [0.717, 1.165) is 36.6 Å². The molecule has 1 aliphatic carbocycles. The van der Waals surface area contributed by atoms with Crippen LogP contribution in [-0.2, 0) is 11.3 Å². The van der Waals surface area contributed by atoms with Crippen molar-refractivity contribution in [3.8, 4) is 0 Å². The second-order valence-electron chi connectivity index (χ2n) is 4.39. The molecule has 0 N–H and O–H groups in total. The maximum atomic E-state index is 11.3. The molecular weight excluding hydrogens is 212 g/mol. The van der Waals surface area contributed by atoms with Crippen LogP contribution in [-0.4, -0.2) is 22.2 Å². The molecule has 0 saturated carbocycles. The molecule has 0 spiro atoms. The van der Waals surface area contributed by atoms with Crippen LogP contribution in [0, 0.1) is 6.92 Å². The zero-order valence-corrected chi connectivity index (χ0v) is 10.4. The van der Waals surface area contributed by atoms with Gasteiger partial charge in [0.05, 0.1) is 12.2 Å². The second-order valence-corrected chi connectivity index (χ2v) is 4.39. The van der Waals surface area contributed by atoms with Gasteiger partial charge in [-0.3, -0.25) is 9.78 Å². The quantitative estimate of drug-likeness (QED) is 0.796. The Morgan fingerprint density at radius 3 is 2.76 bits per heavy atom. The molecule has 0 radical (unpaired) electrons. The minimum absolute atomic E-state index is 0.246. The summed E-state index contributed by atoms with van der Waals surface area (Å²) in [5.74, 6) is 0.246. The van der Waals surface area contributed by atoms with E-state index in [0.29, 0.717) is 6.42 Å². The van der Waals surface area contributed by atoms with Crippen LogP contribution in [0.15, 0.2) is 30.0 Å². The topological polar surface area (TPSA) is 33.2 Å². The summed E-state index contributed by atoms with van der Waals surface area (Å²) in [6, 6.07) is 6.06. The summed E-state index contributed by atoms with van der Waals surface area (Å²) in [6.45, 7) is 5.81. The number of aryl methyl sites for hydroxylation is 1. The van der Waals surface area contributed by atoms with E-state index in [4.69, 9.17) is 0 Å². The minimum atomic E-state index is 0.246. The summed E-state index contributed by atoms with van der Waals surface area (Å²) < 4.78 is 0. The molecule has 0 saturated heterocycles. The fraction of sp³-hybridized carbons (Fsp3) is 0.429. The van der Waals surface area contributed by atoms with Gasteiger partial charge < -0.3 is 4.90 Å². The number of ketones is 1. The van der Waals surface area contributed by atoms with Gasteiger partial charge in [-0.1, -0.05) is 6.07 Å². The maximum Gasteiger partial charge on any atom is 0.157 e. The molecule has 0 bridgehead atoms. The highest BCUT2D eigenvalue weighted by Gasteiger charge is 2.17. The SMILES string of the molecule is CCN(Cc1cccc(C)n1)C1=CC(=O)CC1. The van der Waals surface area contributed by atoms with Crippen LogP contribution in [0.2, 0.25) is 0 Å². The van der Waals surface area contributed by atoms with E-state index >= 15 is 0 Å². The van der Waals surface area contributed by atoms with Gasteiger partial charge in [-0.25, -0.2) is 0 Å². The third kappa shape index (κ3) is 2.93. The number of pyridine rings is 1. The van der Waals surface area contributed by atoms with E-state index in [9.17, 15) is 4.79 Å². The van der Waals surface area contributed by atoms with E-state index in [2.05, 4.69) is 16.8 Å². The molecule has 0 aliphatic heterocycles. The lowest BCUT2D eigenvalue weighted by atomic mass is 10.2. The molecule has 1 aromatic heterocycles. The van der Waals surface area contributed by atoms with E-state index in [1.54, 1.807) is 6.08 Å². The van der Waals surface area contributed by atoms with Crippen molar-refractivity contribution in [1.82, 2.24) is 9.88 Å². The summed E-state index contributed by atoms with van der Waals surface area (Å²) in [5, 5.41) is 0. The van der Waals surface area contributed by atoms with Crippen LogP contribution >= 0.6 is 0 Å². The Labute approximate surface area is 102 Å². The Bertz CT molecular complexity index is 451. The van der Waals surface area contributed by atoms with E-state index in [-0.39, 0.29) is 5.78 Å². The Morgan fingerprint density at radius 2 is 2.18 bits per heavy atom. The van der Waals surface area contributed by atoms with Gasteiger partial charge in [-0.15, -0.1) is 0 Å². The molecule has 0 aromatic carbocycles. The molecule has 1 heterocycles. The molecule has 0 atom stereocenters. The van der Waals surface area contributed by atoms with Gasteiger partial charge in [0.1, 0.15) is 0 Å². The highest BCUT2D eigenvalue weighted by Crippen LogP contribution is 2.20. The monoisotopic (exact) mass is 230 g/mol. The highest BCUT2D eigenvalue weighted by molar-refractivity contribution is 5.92. The maximum absolute atomic E-state index is 11.3. The van der Waals surface area contributed by atoms with E-state index in [1.807, 2.05) is 25.1 Å². The van der Waals surface area contributed by atoms with Crippen molar-refractivity contribution in [2.24, 2.45) is 0 Å². The highest BCUT2D eigenvalue weighted by atomic mass is 16.1. The van der Waals surface area contributed by atoms with Crippen molar-refractivity contribution < 1.29 is 4.79 Å². The Balaban J connectivity index is 2.10. The fourth-order valence-corrected chi connectivity index (χ4v) is 2.13. The minimum Gasteiger partial charge on any atom is -0.369 e. The molecule has 0 unspecified atom stereocenters. The Kier molecular flexibility index (Phi) is 3.57. The van der Waals surface area contributed by atoms with Gasteiger partial charge in [0.2, 0.25) is 0 Å². The molecule has 0 fully saturated rings. The van der Waals surface area contributed by atoms with Crippen LogP contribution in [0.5, 0.6) is 0 Å². The molecule has 17 heavy (non-hydrogen) atoms.